The molecule has 2 fully saturated rings. The highest BCUT2D eigenvalue weighted by atomic mass is 35.5. The number of carbonyl (C=O) groups is 1. The number of rotatable bonds is 3. The Bertz CT molecular complexity index is 481. The molecule has 1 aromatic rings. The predicted octanol–water partition coefficient (Wildman–Crippen LogP) is 1.41. The average molecular weight is 299 g/mol. The van der Waals surface area contributed by atoms with Crippen molar-refractivity contribution in [2.24, 2.45) is 18.4 Å². The van der Waals surface area contributed by atoms with Gasteiger partial charge < -0.3 is 10.6 Å². The summed E-state index contributed by atoms with van der Waals surface area (Å²) >= 11 is 0. The minimum absolute atomic E-state index is 0. The van der Waals surface area contributed by atoms with Crippen molar-refractivity contribution >= 4 is 18.3 Å². The van der Waals surface area contributed by atoms with Gasteiger partial charge in [-0.25, -0.2) is 0 Å². The second-order valence-electron chi connectivity index (χ2n) is 6.05. The number of hydrogen-bond donors (Lipinski definition) is 2. The van der Waals surface area contributed by atoms with Crippen LogP contribution in [0.4, 0.5) is 0 Å². The van der Waals surface area contributed by atoms with Crippen LogP contribution in [0.2, 0.25) is 0 Å². The number of halogens is 1. The molecular formula is C14H23ClN4O. The van der Waals surface area contributed by atoms with Gasteiger partial charge in [0.25, 0.3) is 0 Å². The number of amides is 1. The first-order chi connectivity index (χ1) is 9.11. The third-order valence-corrected chi connectivity index (χ3v) is 4.69. The van der Waals surface area contributed by atoms with E-state index < -0.39 is 0 Å². The minimum atomic E-state index is 0. The van der Waals surface area contributed by atoms with Crippen LogP contribution in [-0.2, 0) is 11.8 Å². The van der Waals surface area contributed by atoms with E-state index in [4.69, 9.17) is 0 Å². The zero-order chi connectivity index (χ0) is 13.5. The summed E-state index contributed by atoms with van der Waals surface area (Å²) in [6, 6.07) is 0.0422. The van der Waals surface area contributed by atoms with E-state index in [0.717, 1.165) is 37.9 Å². The maximum atomic E-state index is 12.3. The van der Waals surface area contributed by atoms with Gasteiger partial charge in [0.1, 0.15) is 0 Å². The molecule has 2 heterocycles. The van der Waals surface area contributed by atoms with E-state index in [1.165, 1.54) is 0 Å². The Balaban J connectivity index is 0.00000147. The SMILES string of the molecule is CC(NC(=O)C1CC12CCNCC2)c1cnn(C)c1.Cl. The summed E-state index contributed by atoms with van der Waals surface area (Å²) in [5.74, 6) is 0.451. The molecule has 2 atom stereocenters. The normalized spacial score (nSPS) is 24.8. The Morgan fingerprint density at radius 3 is 2.85 bits per heavy atom. The summed E-state index contributed by atoms with van der Waals surface area (Å²) in [5, 5.41) is 10.6. The first kappa shape index (κ1) is 15.3. The van der Waals surface area contributed by atoms with Crippen molar-refractivity contribution in [1.82, 2.24) is 20.4 Å². The third-order valence-electron chi connectivity index (χ3n) is 4.69. The van der Waals surface area contributed by atoms with Crippen LogP contribution in [0.3, 0.4) is 0 Å². The average Bonchev–Trinajstić information content (AvgIpc) is 2.89. The van der Waals surface area contributed by atoms with Gasteiger partial charge in [-0.3, -0.25) is 9.48 Å². The summed E-state index contributed by atoms with van der Waals surface area (Å²) in [6.45, 7) is 4.14. The highest BCUT2D eigenvalue weighted by Gasteiger charge is 2.57. The molecule has 1 aliphatic carbocycles. The molecule has 112 valence electrons. The molecule has 20 heavy (non-hydrogen) atoms. The zero-order valence-electron chi connectivity index (χ0n) is 12.1. The smallest absolute Gasteiger partial charge is 0.224 e. The van der Waals surface area contributed by atoms with Gasteiger partial charge in [-0.1, -0.05) is 0 Å². The van der Waals surface area contributed by atoms with Crippen LogP contribution in [0.5, 0.6) is 0 Å². The first-order valence-electron chi connectivity index (χ1n) is 7.10. The Morgan fingerprint density at radius 2 is 2.25 bits per heavy atom. The molecule has 5 nitrogen and oxygen atoms in total. The maximum absolute atomic E-state index is 12.3. The second-order valence-corrected chi connectivity index (χ2v) is 6.05. The van der Waals surface area contributed by atoms with Crippen LogP contribution in [0.25, 0.3) is 0 Å². The van der Waals surface area contributed by atoms with Gasteiger partial charge in [0.2, 0.25) is 5.91 Å². The fourth-order valence-corrected chi connectivity index (χ4v) is 3.26. The van der Waals surface area contributed by atoms with E-state index in [1.54, 1.807) is 4.68 Å². The van der Waals surface area contributed by atoms with Crippen LogP contribution in [0.15, 0.2) is 12.4 Å². The number of carbonyl (C=O) groups excluding carboxylic acids is 1. The Labute approximate surface area is 125 Å². The van der Waals surface area contributed by atoms with E-state index in [1.807, 2.05) is 26.4 Å². The molecule has 2 aliphatic rings. The van der Waals surface area contributed by atoms with Crippen molar-refractivity contribution < 1.29 is 4.79 Å². The van der Waals surface area contributed by atoms with Gasteiger partial charge in [0.05, 0.1) is 12.2 Å². The number of aryl methyl sites for hydroxylation is 1. The van der Waals surface area contributed by atoms with Gasteiger partial charge in [0, 0.05) is 24.7 Å². The lowest BCUT2D eigenvalue weighted by Gasteiger charge is -2.23. The zero-order valence-corrected chi connectivity index (χ0v) is 12.9. The molecule has 1 amide bonds. The van der Waals surface area contributed by atoms with E-state index >= 15 is 0 Å². The summed E-state index contributed by atoms with van der Waals surface area (Å²) in [4.78, 5) is 12.3. The molecule has 1 aliphatic heterocycles. The summed E-state index contributed by atoms with van der Waals surface area (Å²) < 4.78 is 1.77. The number of aromatic nitrogens is 2. The van der Waals surface area contributed by atoms with Gasteiger partial charge in [-0.2, -0.15) is 5.10 Å². The van der Waals surface area contributed by atoms with Crippen LogP contribution in [-0.4, -0.2) is 28.8 Å². The molecule has 2 N–H and O–H groups in total. The lowest BCUT2D eigenvalue weighted by Crippen LogP contribution is -2.34. The Morgan fingerprint density at radius 1 is 1.55 bits per heavy atom. The van der Waals surface area contributed by atoms with Gasteiger partial charge >= 0.3 is 0 Å². The highest BCUT2D eigenvalue weighted by molar-refractivity contribution is 5.85. The number of piperidine rings is 1. The van der Waals surface area contributed by atoms with Crippen molar-refractivity contribution in [1.29, 1.82) is 0 Å². The molecule has 1 aromatic heterocycles. The van der Waals surface area contributed by atoms with Crippen molar-refractivity contribution in [3.05, 3.63) is 18.0 Å². The molecule has 1 spiro atoms. The molecule has 0 radical (unpaired) electrons. The molecule has 3 rings (SSSR count). The molecular weight excluding hydrogens is 276 g/mol. The Hall–Kier alpha value is -1.07. The van der Waals surface area contributed by atoms with Crippen LogP contribution < -0.4 is 10.6 Å². The summed E-state index contributed by atoms with van der Waals surface area (Å²) in [6.07, 6.45) is 7.13. The molecule has 0 aromatic carbocycles. The van der Waals surface area contributed by atoms with E-state index in [0.29, 0.717) is 5.41 Å². The summed E-state index contributed by atoms with van der Waals surface area (Å²) in [7, 11) is 1.89. The number of nitrogens with one attached hydrogen (secondary N) is 2. The van der Waals surface area contributed by atoms with Crippen LogP contribution >= 0.6 is 12.4 Å². The number of nitrogens with zero attached hydrogens (tertiary/aromatic N) is 2. The lowest BCUT2D eigenvalue weighted by atomic mass is 9.91. The standard InChI is InChI=1S/C14H22N4O.ClH/c1-10(11-8-16-18(2)9-11)17-13(19)12-7-14(12)3-5-15-6-4-14;/h8-10,12,15H,3-7H2,1-2H3,(H,17,19);1H. The number of hydrogen-bond acceptors (Lipinski definition) is 3. The quantitative estimate of drug-likeness (QED) is 0.887. The molecule has 2 unspecified atom stereocenters. The van der Waals surface area contributed by atoms with E-state index in [2.05, 4.69) is 15.7 Å². The van der Waals surface area contributed by atoms with Crippen molar-refractivity contribution in [3.63, 3.8) is 0 Å². The highest BCUT2D eigenvalue weighted by Crippen LogP contribution is 2.58. The Kier molecular flexibility index (Phi) is 4.39. The molecule has 1 saturated carbocycles. The third kappa shape index (κ3) is 2.83. The van der Waals surface area contributed by atoms with E-state index in [9.17, 15) is 4.79 Å². The van der Waals surface area contributed by atoms with E-state index in [-0.39, 0.29) is 30.3 Å². The van der Waals surface area contributed by atoms with Crippen LogP contribution in [0.1, 0.15) is 37.8 Å². The topological polar surface area (TPSA) is 59.0 Å². The minimum Gasteiger partial charge on any atom is -0.349 e. The second kappa shape index (κ2) is 5.74. The monoisotopic (exact) mass is 298 g/mol. The van der Waals surface area contributed by atoms with Gasteiger partial charge in [0.15, 0.2) is 0 Å². The van der Waals surface area contributed by atoms with Crippen molar-refractivity contribution in [2.45, 2.75) is 32.2 Å². The molecule has 0 bridgehead atoms. The lowest BCUT2D eigenvalue weighted by molar-refractivity contribution is -0.123. The molecule has 1 saturated heterocycles. The van der Waals surface area contributed by atoms with Gasteiger partial charge in [-0.15, -0.1) is 12.4 Å². The fraction of sp³-hybridized carbons (Fsp3) is 0.714. The largest absolute Gasteiger partial charge is 0.349 e. The predicted molar refractivity (Wildman–Crippen MR) is 79.7 cm³/mol. The van der Waals surface area contributed by atoms with Crippen molar-refractivity contribution in [3.8, 4) is 0 Å². The fourth-order valence-electron chi connectivity index (χ4n) is 3.26. The first-order valence-corrected chi connectivity index (χ1v) is 7.10. The van der Waals surface area contributed by atoms with Crippen LogP contribution in [0, 0.1) is 11.3 Å². The molecule has 6 heteroatoms. The summed E-state index contributed by atoms with van der Waals surface area (Å²) in [5.41, 5.74) is 1.38. The van der Waals surface area contributed by atoms with Crippen molar-refractivity contribution in [2.75, 3.05) is 13.1 Å². The van der Waals surface area contributed by atoms with Gasteiger partial charge in [-0.05, 0) is 44.7 Å². The maximum Gasteiger partial charge on any atom is 0.224 e.